The molecule has 1 saturated carbocycles. The first kappa shape index (κ1) is 21.4. The van der Waals surface area contributed by atoms with Crippen molar-refractivity contribution in [3.8, 4) is 0 Å². The molecule has 33 heavy (non-hydrogen) atoms. The number of aromatic nitrogens is 2. The number of benzene rings is 1. The number of nitrogens with zero attached hydrogens (tertiary/aromatic N) is 3. The number of carbonyl (C=O) groups is 2. The van der Waals surface area contributed by atoms with E-state index in [-0.39, 0.29) is 23.3 Å². The molecule has 1 unspecified atom stereocenters. The summed E-state index contributed by atoms with van der Waals surface area (Å²) in [5.74, 6) is -0.458. The van der Waals surface area contributed by atoms with Crippen LogP contribution in [0.2, 0.25) is 0 Å². The molecule has 1 aliphatic heterocycles. The van der Waals surface area contributed by atoms with E-state index in [0.29, 0.717) is 47.8 Å². The van der Waals surface area contributed by atoms with Gasteiger partial charge in [0.05, 0.1) is 22.2 Å². The van der Waals surface area contributed by atoms with Crippen molar-refractivity contribution < 1.29 is 27.3 Å². The number of nitrogens with one attached hydrogen (secondary N) is 1. The topological polar surface area (TPSA) is 88.3 Å². The fraction of sp³-hybridized carbons (Fsp3) is 0.391. The van der Waals surface area contributed by atoms with Crippen LogP contribution in [0, 0.1) is 0 Å². The quantitative estimate of drug-likeness (QED) is 0.636. The molecule has 172 valence electrons. The molecule has 1 atom stereocenters. The average Bonchev–Trinajstić information content (AvgIpc) is 3.39. The van der Waals surface area contributed by atoms with E-state index in [0.717, 1.165) is 30.7 Å². The van der Waals surface area contributed by atoms with Gasteiger partial charge in [-0.05, 0) is 49.6 Å². The number of amides is 2. The molecule has 3 heterocycles. The van der Waals surface area contributed by atoms with Gasteiger partial charge in [-0.15, -0.1) is 0 Å². The monoisotopic (exact) mass is 458 g/mol. The van der Waals surface area contributed by atoms with Crippen LogP contribution in [-0.4, -0.2) is 47.0 Å². The van der Waals surface area contributed by atoms with Gasteiger partial charge in [0.1, 0.15) is 0 Å². The van der Waals surface area contributed by atoms with Gasteiger partial charge in [-0.1, -0.05) is 5.16 Å². The highest BCUT2D eigenvalue weighted by molar-refractivity contribution is 6.06. The van der Waals surface area contributed by atoms with Crippen LogP contribution in [0.5, 0.6) is 0 Å². The van der Waals surface area contributed by atoms with Gasteiger partial charge in [0.2, 0.25) is 0 Å². The zero-order valence-corrected chi connectivity index (χ0v) is 17.8. The first-order valence-electron chi connectivity index (χ1n) is 10.7. The molecule has 0 bridgehead atoms. The Morgan fingerprint density at radius 1 is 1.12 bits per heavy atom. The number of rotatable bonds is 4. The molecule has 2 fully saturated rings. The SMILES string of the molecule is CNC(=O)c1cc(C2CC2)nc2onc(C3CCN(C(=O)c4ccc(C(F)(F)F)cc4)C3)c12. The van der Waals surface area contributed by atoms with E-state index in [1.807, 2.05) is 0 Å². The van der Waals surface area contributed by atoms with Gasteiger partial charge in [0.25, 0.3) is 17.5 Å². The number of hydrogen-bond donors (Lipinski definition) is 1. The summed E-state index contributed by atoms with van der Waals surface area (Å²) < 4.78 is 43.9. The summed E-state index contributed by atoms with van der Waals surface area (Å²) in [4.78, 5) is 31.6. The van der Waals surface area contributed by atoms with E-state index in [1.54, 1.807) is 18.0 Å². The molecule has 1 aliphatic carbocycles. The summed E-state index contributed by atoms with van der Waals surface area (Å²) in [6.07, 6.45) is -1.82. The van der Waals surface area contributed by atoms with Crippen molar-refractivity contribution >= 4 is 22.9 Å². The lowest BCUT2D eigenvalue weighted by Crippen LogP contribution is -2.28. The lowest BCUT2D eigenvalue weighted by Gasteiger charge is -2.17. The van der Waals surface area contributed by atoms with E-state index >= 15 is 0 Å². The number of fused-ring (bicyclic) bond motifs is 1. The fourth-order valence-corrected chi connectivity index (χ4v) is 4.33. The fourth-order valence-electron chi connectivity index (χ4n) is 4.33. The van der Waals surface area contributed by atoms with Crippen molar-refractivity contribution in [2.45, 2.75) is 37.3 Å². The van der Waals surface area contributed by atoms with E-state index in [4.69, 9.17) is 4.52 Å². The minimum atomic E-state index is -4.45. The maximum absolute atomic E-state index is 12.9. The van der Waals surface area contributed by atoms with Crippen molar-refractivity contribution in [1.29, 1.82) is 0 Å². The lowest BCUT2D eigenvalue weighted by molar-refractivity contribution is -0.137. The Hall–Kier alpha value is -3.43. The third-order valence-corrected chi connectivity index (χ3v) is 6.28. The Morgan fingerprint density at radius 2 is 1.85 bits per heavy atom. The highest BCUT2D eigenvalue weighted by atomic mass is 19.4. The van der Waals surface area contributed by atoms with Crippen molar-refractivity contribution in [1.82, 2.24) is 20.4 Å². The number of alkyl halides is 3. The van der Waals surface area contributed by atoms with Gasteiger partial charge in [-0.25, -0.2) is 4.98 Å². The van der Waals surface area contributed by atoms with Crippen molar-refractivity contribution in [2.75, 3.05) is 20.1 Å². The Labute approximate surface area is 186 Å². The maximum atomic E-state index is 12.9. The van der Waals surface area contributed by atoms with Gasteiger partial charge in [-0.3, -0.25) is 9.59 Å². The second kappa shape index (κ2) is 7.86. The van der Waals surface area contributed by atoms with Crippen molar-refractivity contribution in [2.24, 2.45) is 0 Å². The van der Waals surface area contributed by atoms with Crippen LogP contribution in [0.1, 0.15) is 68.8 Å². The molecule has 0 radical (unpaired) electrons. The van der Waals surface area contributed by atoms with Gasteiger partial charge in [0.15, 0.2) is 0 Å². The van der Waals surface area contributed by atoms with Gasteiger partial charge < -0.3 is 14.7 Å². The van der Waals surface area contributed by atoms with Crippen molar-refractivity contribution in [3.05, 3.63) is 58.4 Å². The Morgan fingerprint density at radius 3 is 2.48 bits per heavy atom. The van der Waals surface area contributed by atoms with Crippen LogP contribution in [0.15, 0.2) is 34.9 Å². The molecule has 1 aromatic carbocycles. The number of likely N-dealkylation sites (tertiary alicyclic amines) is 1. The molecular formula is C23H21F3N4O3. The van der Waals surface area contributed by atoms with Crippen LogP contribution < -0.4 is 5.32 Å². The Balaban J connectivity index is 1.40. The van der Waals surface area contributed by atoms with Gasteiger partial charge in [0, 0.05) is 43.2 Å². The molecule has 1 saturated heterocycles. The van der Waals surface area contributed by atoms with Crippen molar-refractivity contribution in [3.63, 3.8) is 0 Å². The molecule has 2 amide bonds. The molecule has 3 aromatic rings. The summed E-state index contributed by atoms with van der Waals surface area (Å²) in [7, 11) is 1.55. The van der Waals surface area contributed by atoms with Gasteiger partial charge >= 0.3 is 6.18 Å². The van der Waals surface area contributed by atoms with Gasteiger partial charge in [-0.2, -0.15) is 13.2 Å². The zero-order valence-electron chi connectivity index (χ0n) is 17.8. The molecule has 10 heteroatoms. The maximum Gasteiger partial charge on any atom is 0.416 e. The van der Waals surface area contributed by atoms with E-state index in [1.165, 1.54) is 12.1 Å². The van der Waals surface area contributed by atoms with Crippen LogP contribution in [-0.2, 0) is 6.18 Å². The standard InChI is InChI=1S/C23H21F3N4O3/c1-27-20(31)16-10-17(12-2-3-12)28-21-18(16)19(29-33-21)14-8-9-30(11-14)22(32)13-4-6-15(7-5-13)23(24,25)26/h4-7,10,12,14H,2-3,8-9,11H2,1H3,(H,27,31). The number of pyridine rings is 1. The smallest absolute Gasteiger partial charge is 0.355 e. The largest absolute Gasteiger partial charge is 0.416 e. The normalized spacial score (nSPS) is 18.7. The number of halogens is 3. The summed E-state index contributed by atoms with van der Waals surface area (Å²) >= 11 is 0. The Bertz CT molecular complexity index is 1230. The summed E-state index contributed by atoms with van der Waals surface area (Å²) in [5, 5.41) is 7.40. The first-order valence-corrected chi connectivity index (χ1v) is 10.7. The highest BCUT2D eigenvalue weighted by Crippen LogP contribution is 2.41. The third-order valence-electron chi connectivity index (χ3n) is 6.28. The summed E-state index contributed by atoms with van der Waals surface area (Å²) in [5.41, 5.74) is 1.53. The summed E-state index contributed by atoms with van der Waals surface area (Å²) in [6, 6.07) is 5.99. The zero-order chi connectivity index (χ0) is 23.3. The second-order valence-corrected chi connectivity index (χ2v) is 8.51. The van der Waals surface area contributed by atoms with E-state index in [9.17, 15) is 22.8 Å². The van der Waals surface area contributed by atoms with E-state index < -0.39 is 11.7 Å². The molecule has 1 N–H and O–H groups in total. The lowest BCUT2D eigenvalue weighted by atomic mass is 9.98. The van der Waals surface area contributed by atoms with Crippen LogP contribution >= 0.6 is 0 Å². The minimum Gasteiger partial charge on any atom is -0.355 e. The van der Waals surface area contributed by atoms with E-state index in [2.05, 4.69) is 15.5 Å². The molecular weight excluding hydrogens is 437 g/mol. The minimum absolute atomic E-state index is 0.179. The number of hydrogen-bond acceptors (Lipinski definition) is 5. The van der Waals surface area contributed by atoms with Crippen LogP contribution in [0.4, 0.5) is 13.2 Å². The Kier molecular flexibility index (Phi) is 5.10. The highest BCUT2D eigenvalue weighted by Gasteiger charge is 2.35. The van der Waals surface area contributed by atoms with Crippen LogP contribution in [0.25, 0.3) is 11.1 Å². The molecule has 5 rings (SSSR count). The molecule has 7 nitrogen and oxygen atoms in total. The third kappa shape index (κ3) is 3.94. The number of carbonyl (C=O) groups excluding carboxylic acids is 2. The predicted molar refractivity (Wildman–Crippen MR) is 112 cm³/mol. The molecule has 2 aliphatic rings. The first-order chi connectivity index (χ1) is 15.8. The second-order valence-electron chi connectivity index (χ2n) is 8.51. The average molecular weight is 458 g/mol. The molecule has 0 spiro atoms. The summed E-state index contributed by atoms with van der Waals surface area (Å²) in [6.45, 7) is 0.737. The van der Waals surface area contributed by atoms with Crippen LogP contribution in [0.3, 0.4) is 0 Å². The predicted octanol–water partition coefficient (Wildman–Crippen LogP) is 4.11. The molecule has 2 aromatic heterocycles.